The molecule has 0 aliphatic carbocycles. The standard InChI is InChI=1S/C44H42N6O7S2/c1-49-24-23-35(57-49)33-26-58-41-37(40(52)50(41)38(33)42(53)56-25-28-19-21-32(54-2)22-20-28)46-39(51)36(48-55-3)34-27-59-43(45-34)47-44(29-13-7-4-8-14-29,30-15-9-5-10-16-30)31-17-11-6-12-18-31/h4-22,27,35,37,41H,23-26H2,1-3H3,(H,45,47)(H,46,51)/b48-36-/t35-,37?,41?/m0/s1. The third-order valence-corrected chi connectivity index (χ3v) is 12.5. The van der Waals surface area contributed by atoms with Crippen LogP contribution in [-0.4, -0.2) is 89.5 Å². The summed E-state index contributed by atoms with van der Waals surface area (Å²) in [5.41, 5.74) is 3.86. The Balaban J connectivity index is 1.03. The molecule has 2 amide bonds. The highest BCUT2D eigenvalue weighted by atomic mass is 32.2. The topological polar surface area (TPSA) is 144 Å². The number of hydrogen-bond acceptors (Lipinski definition) is 13. The Labute approximate surface area is 350 Å². The van der Waals surface area contributed by atoms with E-state index < -0.39 is 40.8 Å². The average molecular weight is 831 g/mol. The van der Waals surface area contributed by atoms with Crippen LogP contribution in [0, 0.1) is 0 Å². The molecule has 2 N–H and O–H groups in total. The van der Waals surface area contributed by atoms with E-state index in [0.29, 0.717) is 35.2 Å². The monoisotopic (exact) mass is 830 g/mol. The number of amides is 2. The molecule has 4 heterocycles. The Morgan fingerprint density at radius 3 is 2.10 bits per heavy atom. The molecule has 0 bridgehead atoms. The minimum Gasteiger partial charge on any atom is -0.497 e. The number of β-lactam (4-membered cyclic amide) rings is 1. The number of oxime groups is 1. The number of esters is 1. The average Bonchev–Trinajstić information content (AvgIpc) is 3.94. The first kappa shape index (κ1) is 39.8. The van der Waals surface area contributed by atoms with Crippen LogP contribution in [0.1, 0.15) is 34.4 Å². The fourth-order valence-electron chi connectivity index (χ4n) is 7.56. The summed E-state index contributed by atoms with van der Waals surface area (Å²) >= 11 is 2.76. The number of anilines is 1. The molecule has 13 nitrogen and oxygen atoms in total. The molecule has 8 rings (SSSR count). The van der Waals surface area contributed by atoms with Crippen molar-refractivity contribution in [3.63, 3.8) is 0 Å². The van der Waals surface area contributed by atoms with Gasteiger partial charge in [0.25, 0.3) is 11.8 Å². The highest BCUT2D eigenvalue weighted by Crippen LogP contribution is 2.44. The number of nitrogens with one attached hydrogen (secondary N) is 2. The summed E-state index contributed by atoms with van der Waals surface area (Å²) in [5.74, 6) is -0.660. The number of hydrogen-bond donors (Lipinski definition) is 2. The van der Waals surface area contributed by atoms with Gasteiger partial charge in [-0.3, -0.25) is 19.3 Å². The van der Waals surface area contributed by atoms with Gasteiger partial charge in [-0.25, -0.2) is 9.78 Å². The number of aromatic nitrogens is 1. The number of methoxy groups -OCH3 is 1. The molecule has 15 heteroatoms. The smallest absolute Gasteiger partial charge is 0.355 e. The van der Waals surface area contributed by atoms with Gasteiger partial charge < -0.3 is 24.9 Å². The third-order valence-electron chi connectivity index (χ3n) is 10.5. The Morgan fingerprint density at radius 2 is 1.54 bits per heavy atom. The van der Waals surface area contributed by atoms with Crippen molar-refractivity contribution in [2.45, 2.75) is 36.1 Å². The van der Waals surface area contributed by atoms with Crippen LogP contribution in [0.2, 0.25) is 0 Å². The summed E-state index contributed by atoms with van der Waals surface area (Å²) in [5, 5.41) is 14.1. The molecular formula is C44H42N6O7S2. The summed E-state index contributed by atoms with van der Waals surface area (Å²) in [6.45, 7) is 0.666. The molecule has 0 spiro atoms. The lowest BCUT2D eigenvalue weighted by Crippen LogP contribution is -2.71. The Hall–Kier alpha value is -6.00. The van der Waals surface area contributed by atoms with E-state index in [0.717, 1.165) is 22.3 Å². The number of carbonyl (C=O) groups is 3. The van der Waals surface area contributed by atoms with Gasteiger partial charge in [-0.15, -0.1) is 23.1 Å². The molecule has 2 unspecified atom stereocenters. The zero-order valence-corrected chi connectivity index (χ0v) is 34.2. The number of benzene rings is 4. The summed E-state index contributed by atoms with van der Waals surface area (Å²) in [6.07, 6.45) is 0.259. The molecule has 0 saturated carbocycles. The second-order valence-electron chi connectivity index (χ2n) is 14.0. The largest absolute Gasteiger partial charge is 0.497 e. The van der Waals surface area contributed by atoms with Crippen molar-refractivity contribution >= 4 is 51.7 Å². The molecule has 302 valence electrons. The number of nitrogens with zero attached hydrogens (tertiary/aromatic N) is 4. The number of ether oxygens (including phenoxy) is 2. The quantitative estimate of drug-likeness (QED) is 0.0452. The van der Waals surface area contributed by atoms with Crippen LogP contribution >= 0.6 is 23.1 Å². The van der Waals surface area contributed by atoms with Gasteiger partial charge in [-0.1, -0.05) is 108 Å². The second-order valence-corrected chi connectivity index (χ2v) is 16.0. The van der Waals surface area contributed by atoms with E-state index >= 15 is 0 Å². The predicted octanol–water partition coefficient (Wildman–Crippen LogP) is 5.94. The molecule has 59 heavy (non-hydrogen) atoms. The Kier molecular flexibility index (Phi) is 11.8. The van der Waals surface area contributed by atoms with Crippen molar-refractivity contribution < 1.29 is 33.5 Å². The van der Waals surface area contributed by atoms with Gasteiger partial charge in [-0.2, -0.15) is 5.06 Å². The normalized spacial score (nSPS) is 19.4. The van der Waals surface area contributed by atoms with E-state index in [4.69, 9.17) is 24.1 Å². The van der Waals surface area contributed by atoms with E-state index in [-0.39, 0.29) is 23.7 Å². The Bertz CT molecular complexity index is 2260. The van der Waals surface area contributed by atoms with E-state index in [1.807, 2.05) is 73.8 Å². The Morgan fingerprint density at radius 1 is 0.915 bits per heavy atom. The van der Waals surface area contributed by atoms with E-state index in [1.54, 1.807) is 29.7 Å². The van der Waals surface area contributed by atoms with Crippen LogP contribution in [0.3, 0.4) is 0 Å². The summed E-state index contributed by atoms with van der Waals surface area (Å²) in [7, 11) is 4.75. The van der Waals surface area contributed by atoms with Crippen molar-refractivity contribution in [1.29, 1.82) is 0 Å². The number of thioether (sulfide) groups is 1. The van der Waals surface area contributed by atoms with Gasteiger partial charge in [0.15, 0.2) is 10.8 Å². The van der Waals surface area contributed by atoms with Gasteiger partial charge in [0, 0.05) is 30.3 Å². The fraction of sp³-hybridized carbons (Fsp3) is 0.250. The number of hydroxylamine groups is 2. The van der Waals surface area contributed by atoms with Crippen LogP contribution in [-0.2, 0) is 40.9 Å². The maximum absolute atomic E-state index is 14.1. The molecule has 2 fully saturated rings. The lowest BCUT2D eigenvalue weighted by Gasteiger charge is -2.50. The van der Waals surface area contributed by atoms with Crippen LogP contribution in [0.15, 0.2) is 137 Å². The van der Waals surface area contributed by atoms with Gasteiger partial charge in [-0.05, 0) is 40.8 Å². The van der Waals surface area contributed by atoms with Crippen molar-refractivity contribution in [3.05, 3.63) is 160 Å². The minimum atomic E-state index is -0.953. The van der Waals surface area contributed by atoms with Crippen molar-refractivity contribution in [1.82, 2.24) is 20.3 Å². The van der Waals surface area contributed by atoms with Gasteiger partial charge in [0.2, 0.25) is 0 Å². The minimum absolute atomic E-state index is 0.00443. The number of thiazole rings is 1. The van der Waals surface area contributed by atoms with Gasteiger partial charge in [0.05, 0.1) is 7.11 Å². The van der Waals surface area contributed by atoms with Crippen LogP contribution in [0.5, 0.6) is 5.75 Å². The highest BCUT2D eigenvalue weighted by molar-refractivity contribution is 8.00. The van der Waals surface area contributed by atoms with E-state index in [2.05, 4.69) is 52.2 Å². The molecule has 5 aromatic rings. The molecule has 3 atom stereocenters. The third kappa shape index (κ3) is 7.93. The maximum atomic E-state index is 14.1. The number of carbonyl (C=O) groups excluding carboxylic acids is 3. The maximum Gasteiger partial charge on any atom is 0.355 e. The second kappa shape index (κ2) is 17.5. The SMILES string of the molecule is CO/N=C(\C(=O)NC1C(=O)N2C(C(=O)OCc3ccc(OC)cc3)=C([C@@H]3CCN(C)O3)CSC12)c1csc(NC(c2ccccc2)(c2ccccc2)c2ccccc2)n1. The number of rotatable bonds is 14. The van der Waals surface area contributed by atoms with Crippen molar-refractivity contribution in [2.75, 3.05) is 38.9 Å². The molecule has 1 aromatic heterocycles. The van der Waals surface area contributed by atoms with E-state index in [1.165, 1.54) is 35.1 Å². The fourth-order valence-corrected chi connectivity index (χ4v) is 9.72. The zero-order valence-electron chi connectivity index (χ0n) is 32.6. The van der Waals surface area contributed by atoms with Gasteiger partial charge >= 0.3 is 5.97 Å². The summed E-state index contributed by atoms with van der Waals surface area (Å²) in [4.78, 5) is 59.3. The number of fused-ring (bicyclic) bond motifs is 1. The van der Waals surface area contributed by atoms with Crippen molar-refractivity contribution in [3.8, 4) is 5.75 Å². The zero-order chi connectivity index (χ0) is 40.9. The van der Waals surface area contributed by atoms with Crippen molar-refractivity contribution in [2.24, 2.45) is 5.16 Å². The van der Waals surface area contributed by atoms with Crippen LogP contribution < -0.4 is 15.4 Å². The first-order chi connectivity index (χ1) is 28.8. The first-order valence-electron chi connectivity index (χ1n) is 19.0. The summed E-state index contributed by atoms with van der Waals surface area (Å²) in [6, 6.07) is 36.6. The lowest BCUT2D eigenvalue weighted by molar-refractivity contribution is -0.154. The van der Waals surface area contributed by atoms with Crippen LogP contribution in [0.4, 0.5) is 5.13 Å². The van der Waals surface area contributed by atoms with E-state index in [9.17, 15) is 14.4 Å². The molecule has 3 aliphatic rings. The molecule has 4 aromatic carbocycles. The first-order valence-corrected chi connectivity index (χ1v) is 20.9. The highest BCUT2D eigenvalue weighted by Gasteiger charge is 2.56. The molecule has 3 aliphatic heterocycles. The summed E-state index contributed by atoms with van der Waals surface area (Å²) < 4.78 is 11.0. The van der Waals surface area contributed by atoms with Crippen LogP contribution in [0.25, 0.3) is 0 Å². The predicted molar refractivity (Wildman–Crippen MR) is 225 cm³/mol. The molecule has 0 radical (unpaired) electrons. The lowest BCUT2D eigenvalue weighted by atomic mass is 9.77. The molecule has 2 saturated heterocycles. The van der Waals surface area contributed by atoms with Gasteiger partial charge in [0.1, 0.15) is 53.9 Å². The molecular weight excluding hydrogens is 789 g/mol.